The number of fused-ring (bicyclic) bond motifs is 1. The van der Waals surface area contributed by atoms with Crippen molar-refractivity contribution < 1.29 is 4.79 Å². The fraction of sp³-hybridized carbons (Fsp3) is 0.200. The fourth-order valence-electron chi connectivity index (χ4n) is 1.52. The number of H-pyrrole nitrogens is 1. The molecule has 0 fully saturated rings. The molecule has 3 heteroatoms. The van der Waals surface area contributed by atoms with E-state index in [0.717, 1.165) is 28.6 Å². The van der Waals surface area contributed by atoms with E-state index in [1.807, 2.05) is 19.9 Å². The van der Waals surface area contributed by atoms with Gasteiger partial charge >= 0.3 is 0 Å². The molecular formula is C10H10N2O. The summed E-state index contributed by atoms with van der Waals surface area (Å²) in [5.41, 5.74) is 4.49. The minimum atomic E-state index is 0.580. The van der Waals surface area contributed by atoms with Crippen LogP contribution in [0.25, 0.3) is 11.0 Å². The lowest BCUT2D eigenvalue weighted by Crippen LogP contribution is -1.84. The number of aryl methyl sites for hydroxylation is 2. The number of rotatable bonds is 1. The lowest BCUT2D eigenvalue weighted by molar-refractivity contribution is 0.112. The van der Waals surface area contributed by atoms with Crippen LogP contribution in [0.3, 0.4) is 0 Å². The first-order chi connectivity index (χ1) is 6.20. The molecule has 0 aliphatic rings. The van der Waals surface area contributed by atoms with Gasteiger partial charge in [0.1, 0.15) is 0 Å². The number of aromatic amines is 1. The second kappa shape index (κ2) is 2.69. The Morgan fingerprint density at radius 1 is 1.38 bits per heavy atom. The van der Waals surface area contributed by atoms with Crippen LogP contribution in [0, 0.1) is 13.8 Å². The summed E-state index contributed by atoms with van der Waals surface area (Å²) in [4.78, 5) is 17.8. The molecule has 0 spiro atoms. The van der Waals surface area contributed by atoms with E-state index in [1.165, 1.54) is 0 Å². The van der Waals surface area contributed by atoms with Gasteiger partial charge in [-0.15, -0.1) is 0 Å². The molecule has 0 bridgehead atoms. The van der Waals surface area contributed by atoms with Gasteiger partial charge in [0.05, 0.1) is 16.7 Å². The Labute approximate surface area is 75.8 Å². The molecule has 0 aliphatic heterocycles. The Balaban J connectivity index is 2.82. The molecule has 1 N–H and O–H groups in total. The lowest BCUT2D eigenvalue weighted by atomic mass is 10.2. The van der Waals surface area contributed by atoms with Crippen LogP contribution in [0.2, 0.25) is 0 Å². The Hall–Kier alpha value is -1.64. The van der Waals surface area contributed by atoms with Crippen LogP contribution in [0.4, 0.5) is 0 Å². The van der Waals surface area contributed by atoms with E-state index in [4.69, 9.17) is 0 Å². The number of carbonyl (C=O) groups is 1. The molecule has 2 rings (SSSR count). The average Bonchev–Trinajstić information content (AvgIpc) is 2.47. The van der Waals surface area contributed by atoms with Crippen LogP contribution >= 0.6 is 0 Å². The molecule has 66 valence electrons. The summed E-state index contributed by atoms with van der Waals surface area (Å²) < 4.78 is 0. The summed E-state index contributed by atoms with van der Waals surface area (Å²) in [6.07, 6.45) is 0.802. The second-order valence-corrected chi connectivity index (χ2v) is 3.18. The SMILES string of the molecule is Cc1cc(C)c2[nH]c(C=O)cc2n1. The van der Waals surface area contributed by atoms with Crippen molar-refractivity contribution in [3.05, 3.63) is 29.1 Å². The summed E-state index contributed by atoms with van der Waals surface area (Å²) in [5, 5.41) is 0. The summed E-state index contributed by atoms with van der Waals surface area (Å²) in [6.45, 7) is 3.95. The summed E-state index contributed by atoms with van der Waals surface area (Å²) in [6, 6.07) is 3.76. The van der Waals surface area contributed by atoms with Crippen molar-refractivity contribution in [2.45, 2.75) is 13.8 Å². The molecule has 2 heterocycles. The maximum absolute atomic E-state index is 10.5. The normalized spacial score (nSPS) is 10.6. The number of carbonyl (C=O) groups excluding carboxylic acids is 1. The van der Waals surface area contributed by atoms with Crippen LogP contribution in [-0.4, -0.2) is 16.3 Å². The van der Waals surface area contributed by atoms with E-state index >= 15 is 0 Å². The molecule has 0 saturated heterocycles. The molecule has 0 saturated carbocycles. The van der Waals surface area contributed by atoms with Crippen molar-refractivity contribution in [3.63, 3.8) is 0 Å². The molecule has 3 nitrogen and oxygen atoms in total. The molecule has 0 amide bonds. The first-order valence-electron chi connectivity index (χ1n) is 4.13. The van der Waals surface area contributed by atoms with Crippen molar-refractivity contribution in [1.82, 2.24) is 9.97 Å². The molecule has 0 atom stereocenters. The lowest BCUT2D eigenvalue weighted by Gasteiger charge is -1.96. The van der Waals surface area contributed by atoms with Gasteiger partial charge in [-0.3, -0.25) is 9.78 Å². The van der Waals surface area contributed by atoms with Gasteiger partial charge in [0.2, 0.25) is 0 Å². The van der Waals surface area contributed by atoms with E-state index in [1.54, 1.807) is 6.07 Å². The smallest absolute Gasteiger partial charge is 0.166 e. The van der Waals surface area contributed by atoms with Crippen molar-refractivity contribution in [2.24, 2.45) is 0 Å². The van der Waals surface area contributed by atoms with Gasteiger partial charge in [-0.25, -0.2) is 0 Å². The monoisotopic (exact) mass is 174 g/mol. The average molecular weight is 174 g/mol. The highest BCUT2D eigenvalue weighted by Gasteiger charge is 2.03. The summed E-state index contributed by atoms with van der Waals surface area (Å²) in [7, 11) is 0. The van der Waals surface area contributed by atoms with Crippen molar-refractivity contribution in [1.29, 1.82) is 0 Å². The number of hydrogen-bond acceptors (Lipinski definition) is 2. The minimum Gasteiger partial charge on any atom is -0.351 e. The quantitative estimate of drug-likeness (QED) is 0.672. The van der Waals surface area contributed by atoms with Crippen LogP contribution in [0.15, 0.2) is 12.1 Å². The van der Waals surface area contributed by atoms with Gasteiger partial charge in [-0.05, 0) is 31.5 Å². The zero-order chi connectivity index (χ0) is 9.42. The van der Waals surface area contributed by atoms with Gasteiger partial charge in [0.15, 0.2) is 6.29 Å². The molecule has 2 aromatic heterocycles. The number of aromatic nitrogens is 2. The third kappa shape index (κ3) is 1.22. The maximum Gasteiger partial charge on any atom is 0.166 e. The summed E-state index contributed by atoms with van der Waals surface area (Å²) >= 11 is 0. The zero-order valence-electron chi connectivity index (χ0n) is 7.59. The van der Waals surface area contributed by atoms with E-state index in [2.05, 4.69) is 9.97 Å². The van der Waals surface area contributed by atoms with E-state index in [9.17, 15) is 4.79 Å². The fourth-order valence-corrected chi connectivity index (χ4v) is 1.52. The maximum atomic E-state index is 10.5. The second-order valence-electron chi connectivity index (χ2n) is 3.18. The molecule has 0 radical (unpaired) electrons. The predicted octanol–water partition coefficient (Wildman–Crippen LogP) is 1.99. The van der Waals surface area contributed by atoms with Gasteiger partial charge < -0.3 is 4.98 Å². The highest BCUT2D eigenvalue weighted by molar-refractivity contribution is 5.87. The predicted molar refractivity (Wildman–Crippen MR) is 51.0 cm³/mol. The van der Waals surface area contributed by atoms with Gasteiger partial charge in [-0.1, -0.05) is 0 Å². The van der Waals surface area contributed by atoms with Crippen molar-refractivity contribution in [3.8, 4) is 0 Å². The highest BCUT2D eigenvalue weighted by atomic mass is 16.1. The van der Waals surface area contributed by atoms with E-state index in [-0.39, 0.29) is 0 Å². The first-order valence-corrected chi connectivity index (χ1v) is 4.13. The van der Waals surface area contributed by atoms with Crippen LogP contribution in [0.1, 0.15) is 21.7 Å². The number of nitrogens with one attached hydrogen (secondary N) is 1. The Morgan fingerprint density at radius 2 is 2.15 bits per heavy atom. The minimum absolute atomic E-state index is 0.580. The summed E-state index contributed by atoms with van der Waals surface area (Å²) in [5.74, 6) is 0. The zero-order valence-corrected chi connectivity index (χ0v) is 7.59. The molecule has 0 unspecified atom stereocenters. The molecular weight excluding hydrogens is 164 g/mol. The van der Waals surface area contributed by atoms with Gasteiger partial charge in [0, 0.05) is 5.69 Å². The van der Waals surface area contributed by atoms with Crippen LogP contribution in [-0.2, 0) is 0 Å². The van der Waals surface area contributed by atoms with Crippen molar-refractivity contribution in [2.75, 3.05) is 0 Å². The van der Waals surface area contributed by atoms with Crippen LogP contribution < -0.4 is 0 Å². The van der Waals surface area contributed by atoms with Gasteiger partial charge in [-0.2, -0.15) is 0 Å². The number of aldehydes is 1. The van der Waals surface area contributed by atoms with Crippen LogP contribution in [0.5, 0.6) is 0 Å². The third-order valence-electron chi connectivity index (χ3n) is 2.06. The standard InChI is InChI=1S/C10H10N2O/c1-6-3-7(2)11-9-4-8(5-13)12-10(6)9/h3-5,12H,1-2H3. The first kappa shape index (κ1) is 7.98. The molecule has 2 aromatic rings. The largest absolute Gasteiger partial charge is 0.351 e. The Morgan fingerprint density at radius 3 is 2.85 bits per heavy atom. The highest BCUT2D eigenvalue weighted by Crippen LogP contribution is 2.17. The molecule has 13 heavy (non-hydrogen) atoms. The van der Waals surface area contributed by atoms with Crippen molar-refractivity contribution >= 4 is 17.3 Å². The number of hydrogen-bond donors (Lipinski definition) is 1. The third-order valence-corrected chi connectivity index (χ3v) is 2.06. The van der Waals surface area contributed by atoms with Gasteiger partial charge in [0.25, 0.3) is 0 Å². The van der Waals surface area contributed by atoms with E-state index < -0.39 is 0 Å². The number of nitrogens with zero attached hydrogens (tertiary/aromatic N) is 1. The molecule has 0 aliphatic carbocycles. The number of pyridine rings is 1. The topological polar surface area (TPSA) is 45.8 Å². The molecule has 0 aromatic carbocycles. The Kier molecular flexibility index (Phi) is 1.65. The van der Waals surface area contributed by atoms with E-state index in [0.29, 0.717) is 5.69 Å². The Bertz CT molecular complexity index is 471.